The van der Waals surface area contributed by atoms with E-state index in [1.165, 1.54) is 44.6 Å². The molecule has 0 unspecified atom stereocenters. The maximum Gasteiger partial charge on any atom is 0.573 e. The van der Waals surface area contributed by atoms with Crippen LogP contribution in [0.25, 0.3) is 5.70 Å². The van der Waals surface area contributed by atoms with Gasteiger partial charge in [-0.2, -0.15) is 5.26 Å². The third-order valence-corrected chi connectivity index (χ3v) is 2.59. The molecule has 120 valence electrons. The second-order valence-electron chi connectivity index (χ2n) is 4.04. The Balaban J connectivity index is 2.81. The van der Waals surface area contributed by atoms with E-state index in [0.717, 1.165) is 0 Å². The van der Waals surface area contributed by atoms with E-state index in [9.17, 15) is 13.2 Å². The summed E-state index contributed by atoms with van der Waals surface area (Å²) in [4.78, 5) is 0. The summed E-state index contributed by atoms with van der Waals surface area (Å²) in [6, 6.07) is 7.01. The number of nitriles is 1. The summed E-state index contributed by atoms with van der Waals surface area (Å²) in [6.07, 6.45) is -4.02. The molecule has 0 aromatic heterocycles. The minimum absolute atomic E-state index is 0.265. The van der Waals surface area contributed by atoms with E-state index < -0.39 is 12.7 Å². The molecule has 0 aliphatic rings. The van der Waals surface area contributed by atoms with E-state index in [4.69, 9.17) is 14.7 Å². The van der Waals surface area contributed by atoms with Crippen molar-refractivity contribution in [3.63, 3.8) is 0 Å². The van der Waals surface area contributed by atoms with Crippen LogP contribution in [0.1, 0.15) is 5.56 Å². The molecule has 0 aliphatic carbocycles. The molecule has 1 aromatic carbocycles. The summed E-state index contributed by atoms with van der Waals surface area (Å²) < 4.78 is 50.1. The van der Waals surface area contributed by atoms with Crippen molar-refractivity contribution in [1.29, 1.82) is 5.26 Å². The van der Waals surface area contributed by atoms with Gasteiger partial charge in [-0.3, -0.25) is 0 Å². The summed E-state index contributed by atoms with van der Waals surface area (Å²) in [7, 11) is 2.93. The molecule has 0 spiro atoms. The number of hydrogen-bond donors (Lipinski definition) is 1. The van der Waals surface area contributed by atoms with Crippen LogP contribution in [0.4, 0.5) is 13.2 Å². The first kappa shape index (κ1) is 17.8. The van der Waals surface area contributed by atoms with Crippen LogP contribution in [0.2, 0.25) is 0 Å². The van der Waals surface area contributed by atoms with Gasteiger partial charge in [0.25, 0.3) is 0 Å². The largest absolute Gasteiger partial charge is 0.573 e. The van der Waals surface area contributed by atoms with E-state index in [-0.39, 0.29) is 12.3 Å². The first-order chi connectivity index (χ1) is 10.4. The zero-order valence-electron chi connectivity index (χ0n) is 12.0. The average molecular weight is 316 g/mol. The standard InChI is InChI=1S/C14H15F3N2O3/c1-20-13(21-2)9-19-12(7-8-18)10-3-5-11(6-4-10)22-14(15,16)17/h3-7,13,19H,9H2,1-2H3. The summed E-state index contributed by atoms with van der Waals surface area (Å²) >= 11 is 0. The monoisotopic (exact) mass is 316 g/mol. The van der Waals surface area contributed by atoms with Gasteiger partial charge in [0, 0.05) is 20.3 Å². The minimum atomic E-state index is -4.74. The van der Waals surface area contributed by atoms with Crippen molar-refractivity contribution in [2.75, 3.05) is 20.8 Å². The number of methoxy groups -OCH3 is 2. The highest BCUT2D eigenvalue weighted by atomic mass is 19.4. The molecule has 5 nitrogen and oxygen atoms in total. The van der Waals surface area contributed by atoms with Crippen molar-refractivity contribution < 1.29 is 27.4 Å². The van der Waals surface area contributed by atoms with E-state index >= 15 is 0 Å². The van der Waals surface area contributed by atoms with Crippen molar-refractivity contribution in [2.45, 2.75) is 12.7 Å². The molecule has 0 saturated heterocycles. The third kappa shape index (κ3) is 6.03. The predicted octanol–water partition coefficient (Wildman–Crippen LogP) is 2.66. The Hall–Kier alpha value is -2.24. The quantitative estimate of drug-likeness (QED) is 0.619. The highest BCUT2D eigenvalue weighted by molar-refractivity contribution is 5.66. The molecule has 1 N–H and O–H groups in total. The molecule has 0 radical (unpaired) electrons. The van der Waals surface area contributed by atoms with E-state index in [1.54, 1.807) is 0 Å². The maximum absolute atomic E-state index is 12.1. The molecule has 0 fully saturated rings. The van der Waals surface area contributed by atoms with Crippen molar-refractivity contribution in [3.05, 3.63) is 35.9 Å². The second-order valence-corrected chi connectivity index (χ2v) is 4.04. The number of ether oxygens (including phenoxy) is 3. The van der Waals surface area contributed by atoms with Crippen LogP contribution in [-0.4, -0.2) is 33.4 Å². The van der Waals surface area contributed by atoms with Gasteiger partial charge in [-0.25, -0.2) is 0 Å². The van der Waals surface area contributed by atoms with Gasteiger partial charge in [0.1, 0.15) is 5.75 Å². The Morgan fingerprint density at radius 3 is 2.32 bits per heavy atom. The van der Waals surface area contributed by atoms with Crippen LogP contribution in [0.3, 0.4) is 0 Å². The van der Waals surface area contributed by atoms with Crippen LogP contribution in [-0.2, 0) is 9.47 Å². The van der Waals surface area contributed by atoms with Crippen LogP contribution < -0.4 is 10.1 Å². The van der Waals surface area contributed by atoms with Crippen molar-refractivity contribution in [2.24, 2.45) is 0 Å². The van der Waals surface area contributed by atoms with Crippen LogP contribution >= 0.6 is 0 Å². The lowest BCUT2D eigenvalue weighted by Crippen LogP contribution is -2.28. The number of benzene rings is 1. The highest BCUT2D eigenvalue weighted by Gasteiger charge is 2.30. The predicted molar refractivity (Wildman–Crippen MR) is 72.5 cm³/mol. The molecule has 0 amide bonds. The lowest BCUT2D eigenvalue weighted by molar-refractivity contribution is -0.274. The highest BCUT2D eigenvalue weighted by Crippen LogP contribution is 2.24. The van der Waals surface area contributed by atoms with Crippen molar-refractivity contribution in [1.82, 2.24) is 5.32 Å². The zero-order valence-corrected chi connectivity index (χ0v) is 12.0. The fourth-order valence-corrected chi connectivity index (χ4v) is 1.59. The lowest BCUT2D eigenvalue weighted by Gasteiger charge is -2.17. The molecule has 0 heterocycles. The fourth-order valence-electron chi connectivity index (χ4n) is 1.59. The second kappa shape index (κ2) is 8.26. The van der Waals surface area contributed by atoms with E-state index in [2.05, 4.69) is 10.1 Å². The molecule has 0 aliphatic heterocycles. The Labute approximate surface area is 125 Å². The maximum atomic E-state index is 12.1. The van der Waals surface area contributed by atoms with Crippen LogP contribution in [0, 0.1) is 11.3 Å². The Bertz CT molecular complexity index is 532. The van der Waals surface area contributed by atoms with Gasteiger partial charge in [0.15, 0.2) is 6.29 Å². The summed E-state index contributed by atoms with van der Waals surface area (Å²) in [5.74, 6) is -0.334. The Morgan fingerprint density at radius 2 is 1.86 bits per heavy atom. The SMILES string of the molecule is COC(CNC(=CC#N)c1ccc(OC(F)(F)F)cc1)OC. The summed E-state index contributed by atoms with van der Waals surface area (Å²) in [6.45, 7) is 0.265. The molecule has 1 rings (SSSR count). The van der Waals surface area contributed by atoms with Gasteiger partial charge < -0.3 is 19.5 Å². The number of nitrogens with one attached hydrogen (secondary N) is 1. The molecule has 0 saturated carbocycles. The molecule has 1 aromatic rings. The van der Waals surface area contributed by atoms with Crippen molar-refractivity contribution in [3.8, 4) is 11.8 Å². The number of rotatable bonds is 7. The molecule has 8 heteroatoms. The number of nitrogens with zero attached hydrogens (tertiary/aromatic N) is 1. The number of hydrogen-bond acceptors (Lipinski definition) is 5. The van der Waals surface area contributed by atoms with Crippen LogP contribution in [0.5, 0.6) is 5.75 Å². The van der Waals surface area contributed by atoms with Gasteiger partial charge >= 0.3 is 6.36 Å². The van der Waals surface area contributed by atoms with Gasteiger partial charge in [0.2, 0.25) is 0 Å². The molecule has 0 bridgehead atoms. The number of halogens is 3. The minimum Gasteiger partial charge on any atom is -0.406 e. The van der Waals surface area contributed by atoms with Gasteiger partial charge in [-0.15, -0.1) is 13.2 Å². The van der Waals surface area contributed by atoms with Crippen molar-refractivity contribution >= 4 is 5.70 Å². The molecular formula is C14H15F3N2O3. The summed E-state index contributed by atoms with van der Waals surface area (Å²) in [5, 5.41) is 11.7. The molecular weight excluding hydrogens is 301 g/mol. The average Bonchev–Trinajstić information content (AvgIpc) is 2.46. The van der Waals surface area contributed by atoms with E-state index in [1.807, 2.05) is 6.07 Å². The van der Waals surface area contributed by atoms with Gasteiger partial charge in [-0.1, -0.05) is 0 Å². The van der Waals surface area contributed by atoms with Crippen LogP contribution in [0.15, 0.2) is 30.3 Å². The third-order valence-electron chi connectivity index (χ3n) is 2.59. The first-order valence-electron chi connectivity index (χ1n) is 6.15. The lowest BCUT2D eigenvalue weighted by atomic mass is 10.1. The first-order valence-corrected chi connectivity index (χ1v) is 6.15. The normalized spacial score (nSPS) is 12.1. The van der Waals surface area contributed by atoms with Gasteiger partial charge in [-0.05, 0) is 29.8 Å². The smallest absolute Gasteiger partial charge is 0.406 e. The number of alkyl halides is 3. The Morgan fingerprint density at radius 1 is 1.27 bits per heavy atom. The topological polar surface area (TPSA) is 63.5 Å². The van der Waals surface area contributed by atoms with Gasteiger partial charge in [0.05, 0.1) is 18.3 Å². The zero-order chi connectivity index (χ0) is 16.6. The molecule has 0 atom stereocenters. The Kier molecular flexibility index (Phi) is 6.69. The fraction of sp³-hybridized carbons (Fsp3) is 0.357. The number of allylic oxidation sites excluding steroid dienone is 1. The van der Waals surface area contributed by atoms with E-state index in [0.29, 0.717) is 11.3 Å². The summed E-state index contributed by atoms with van der Waals surface area (Å²) in [5.41, 5.74) is 0.960. The molecule has 22 heavy (non-hydrogen) atoms.